The van der Waals surface area contributed by atoms with Crippen LogP contribution >= 0.6 is 0 Å². The predicted octanol–water partition coefficient (Wildman–Crippen LogP) is 3.43. The van der Waals surface area contributed by atoms with Gasteiger partial charge in [-0.25, -0.2) is 0 Å². The Bertz CT molecular complexity index is 1240. The van der Waals surface area contributed by atoms with Crippen LogP contribution in [-0.4, -0.2) is 67.0 Å². The molecule has 3 aliphatic rings. The monoisotopic (exact) mass is 483 g/mol. The van der Waals surface area contributed by atoms with E-state index >= 15 is 0 Å². The third-order valence-electron chi connectivity index (χ3n) is 7.20. The molecule has 6 rings (SSSR count). The van der Waals surface area contributed by atoms with Crippen LogP contribution in [0.25, 0.3) is 0 Å². The normalized spacial score (nSPS) is 19.2. The number of nitrogens with zero attached hydrogens (tertiary/aromatic N) is 3. The van der Waals surface area contributed by atoms with E-state index in [4.69, 9.17) is 9.47 Å². The number of aryl methyl sites for hydroxylation is 2. The number of amides is 2. The zero-order valence-electron chi connectivity index (χ0n) is 20.1. The molecule has 3 heterocycles. The zero-order valence-corrected chi connectivity index (χ0v) is 20.1. The highest BCUT2D eigenvalue weighted by molar-refractivity contribution is 6.03. The van der Waals surface area contributed by atoms with Crippen LogP contribution in [0.1, 0.15) is 11.1 Å². The molecule has 0 bridgehead atoms. The number of anilines is 2. The highest BCUT2D eigenvalue weighted by Gasteiger charge is 2.34. The van der Waals surface area contributed by atoms with Crippen molar-refractivity contribution in [3.8, 4) is 11.5 Å². The van der Waals surface area contributed by atoms with E-state index in [-0.39, 0.29) is 18.4 Å². The second-order valence-electron chi connectivity index (χ2n) is 9.45. The minimum atomic E-state index is -0.641. The fourth-order valence-corrected chi connectivity index (χ4v) is 5.28. The number of carbonyl (C=O) groups excluding carboxylic acids is 2. The van der Waals surface area contributed by atoms with Gasteiger partial charge in [-0.3, -0.25) is 19.4 Å². The van der Waals surface area contributed by atoms with Crippen LogP contribution < -0.4 is 14.4 Å². The molecule has 3 aliphatic heterocycles. The van der Waals surface area contributed by atoms with E-state index in [1.165, 1.54) is 11.1 Å². The Balaban J connectivity index is 1.11. The number of rotatable bonds is 3. The van der Waals surface area contributed by atoms with E-state index in [0.29, 0.717) is 44.2 Å². The molecule has 3 aromatic rings. The number of benzene rings is 3. The van der Waals surface area contributed by atoms with E-state index in [0.717, 1.165) is 24.2 Å². The molecule has 0 radical (unpaired) electrons. The van der Waals surface area contributed by atoms with Gasteiger partial charge in [-0.2, -0.15) is 0 Å². The van der Waals surface area contributed by atoms with Gasteiger partial charge in [0.05, 0.1) is 17.9 Å². The SMILES string of the molecule is O=C(C1COc2ccccc2O1)N1CCN(CC(=O)N2c3ccccc3CCc3ccccc32)CC1. The summed E-state index contributed by atoms with van der Waals surface area (Å²) in [5.41, 5.74) is 4.31. The third-order valence-corrected chi connectivity index (χ3v) is 7.20. The Hall–Kier alpha value is -3.84. The van der Waals surface area contributed by atoms with Gasteiger partial charge in [0.25, 0.3) is 5.91 Å². The van der Waals surface area contributed by atoms with Crippen LogP contribution in [0.5, 0.6) is 11.5 Å². The molecule has 184 valence electrons. The number of carbonyl (C=O) groups is 2. The number of fused-ring (bicyclic) bond motifs is 3. The zero-order chi connectivity index (χ0) is 24.5. The maximum Gasteiger partial charge on any atom is 0.267 e. The summed E-state index contributed by atoms with van der Waals surface area (Å²) < 4.78 is 11.6. The smallest absolute Gasteiger partial charge is 0.267 e. The summed E-state index contributed by atoms with van der Waals surface area (Å²) in [5, 5.41) is 0. The molecule has 1 atom stereocenters. The van der Waals surface area contributed by atoms with Gasteiger partial charge in [0.2, 0.25) is 12.0 Å². The van der Waals surface area contributed by atoms with Gasteiger partial charge in [-0.05, 0) is 48.2 Å². The van der Waals surface area contributed by atoms with Crippen LogP contribution in [0.4, 0.5) is 11.4 Å². The highest BCUT2D eigenvalue weighted by Crippen LogP contribution is 2.36. The Labute approximate surface area is 210 Å². The maximum absolute atomic E-state index is 13.7. The average molecular weight is 484 g/mol. The fraction of sp³-hybridized carbons (Fsp3) is 0.310. The number of para-hydroxylation sites is 4. The molecule has 1 unspecified atom stereocenters. The van der Waals surface area contributed by atoms with Gasteiger partial charge in [0, 0.05) is 26.2 Å². The van der Waals surface area contributed by atoms with Crippen molar-refractivity contribution in [2.75, 3.05) is 44.2 Å². The molecule has 36 heavy (non-hydrogen) atoms. The number of ether oxygens (including phenoxy) is 2. The van der Waals surface area contributed by atoms with E-state index in [1.807, 2.05) is 70.5 Å². The number of hydrogen-bond donors (Lipinski definition) is 0. The molecule has 3 aromatic carbocycles. The van der Waals surface area contributed by atoms with E-state index in [1.54, 1.807) is 0 Å². The Morgan fingerprint density at radius 3 is 2.00 bits per heavy atom. The second-order valence-corrected chi connectivity index (χ2v) is 9.45. The summed E-state index contributed by atoms with van der Waals surface area (Å²) in [6.07, 6.45) is 1.18. The first-order chi connectivity index (χ1) is 17.7. The first-order valence-electron chi connectivity index (χ1n) is 12.6. The van der Waals surface area contributed by atoms with Crippen molar-refractivity contribution in [1.29, 1.82) is 0 Å². The predicted molar refractivity (Wildman–Crippen MR) is 137 cm³/mol. The van der Waals surface area contributed by atoms with Crippen molar-refractivity contribution in [3.05, 3.63) is 83.9 Å². The Morgan fingerprint density at radius 2 is 1.33 bits per heavy atom. The van der Waals surface area contributed by atoms with Crippen molar-refractivity contribution >= 4 is 23.2 Å². The quantitative estimate of drug-likeness (QED) is 0.571. The topological polar surface area (TPSA) is 62.3 Å². The van der Waals surface area contributed by atoms with E-state index in [9.17, 15) is 9.59 Å². The maximum atomic E-state index is 13.7. The molecule has 0 aromatic heterocycles. The lowest BCUT2D eigenvalue weighted by Crippen LogP contribution is -2.55. The second kappa shape index (κ2) is 9.66. The van der Waals surface area contributed by atoms with Crippen molar-refractivity contribution < 1.29 is 19.1 Å². The molecule has 1 fully saturated rings. The first-order valence-corrected chi connectivity index (χ1v) is 12.6. The highest BCUT2D eigenvalue weighted by atomic mass is 16.6. The average Bonchev–Trinajstić information content (AvgIpc) is 3.10. The molecule has 7 nitrogen and oxygen atoms in total. The van der Waals surface area contributed by atoms with Crippen molar-refractivity contribution in [3.63, 3.8) is 0 Å². The van der Waals surface area contributed by atoms with Gasteiger partial charge in [-0.15, -0.1) is 0 Å². The van der Waals surface area contributed by atoms with Gasteiger partial charge in [-0.1, -0.05) is 48.5 Å². The largest absolute Gasteiger partial charge is 0.485 e. The first kappa shape index (κ1) is 22.6. The molecule has 0 spiro atoms. The lowest BCUT2D eigenvalue weighted by Gasteiger charge is -2.37. The molecule has 0 N–H and O–H groups in total. The lowest BCUT2D eigenvalue weighted by molar-refractivity contribution is -0.143. The molecular formula is C29H29N3O4. The molecule has 0 saturated carbocycles. The van der Waals surface area contributed by atoms with Crippen LogP contribution in [0.3, 0.4) is 0 Å². The van der Waals surface area contributed by atoms with Crippen LogP contribution in [-0.2, 0) is 22.4 Å². The molecule has 0 aliphatic carbocycles. The summed E-state index contributed by atoms with van der Waals surface area (Å²) >= 11 is 0. The molecule has 2 amide bonds. The molecular weight excluding hydrogens is 454 g/mol. The van der Waals surface area contributed by atoms with Crippen molar-refractivity contribution in [2.45, 2.75) is 18.9 Å². The van der Waals surface area contributed by atoms with Crippen LogP contribution in [0.15, 0.2) is 72.8 Å². The van der Waals surface area contributed by atoms with Gasteiger partial charge < -0.3 is 14.4 Å². The van der Waals surface area contributed by atoms with Gasteiger partial charge in [0.15, 0.2) is 11.5 Å². The Morgan fingerprint density at radius 1 is 0.750 bits per heavy atom. The van der Waals surface area contributed by atoms with Gasteiger partial charge in [0.1, 0.15) is 6.61 Å². The molecule has 1 saturated heterocycles. The minimum absolute atomic E-state index is 0.0530. The van der Waals surface area contributed by atoms with E-state index in [2.05, 4.69) is 17.0 Å². The van der Waals surface area contributed by atoms with Crippen molar-refractivity contribution in [1.82, 2.24) is 9.80 Å². The number of piperazine rings is 1. The minimum Gasteiger partial charge on any atom is -0.485 e. The lowest BCUT2D eigenvalue weighted by atomic mass is 10.0. The molecule has 7 heteroatoms. The van der Waals surface area contributed by atoms with Gasteiger partial charge >= 0.3 is 0 Å². The Kier molecular flexibility index (Phi) is 6.07. The van der Waals surface area contributed by atoms with Crippen molar-refractivity contribution in [2.24, 2.45) is 0 Å². The summed E-state index contributed by atoms with van der Waals surface area (Å²) in [7, 11) is 0. The fourth-order valence-electron chi connectivity index (χ4n) is 5.28. The summed E-state index contributed by atoms with van der Waals surface area (Å²) in [6, 6.07) is 23.8. The standard InChI is InChI=1S/C29H29N3O4/c33-28(32-23-9-3-1-7-21(23)13-14-22-8-2-4-10-24(22)32)19-30-15-17-31(18-16-30)29(34)27-20-35-25-11-5-6-12-26(25)36-27/h1-12,27H,13-20H2. The summed E-state index contributed by atoms with van der Waals surface area (Å²) in [4.78, 5) is 32.6. The van der Waals surface area contributed by atoms with Crippen LogP contribution in [0.2, 0.25) is 0 Å². The van der Waals surface area contributed by atoms with Crippen LogP contribution in [0, 0.1) is 0 Å². The summed E-state index contributed by atoms with van der Waals surface area (Å²) in [6.45, 7) is 2.91. The third kappa shape index (κ3) is 4.31. The number of hydrogen-bond acceptors (Lipinski definition) is 5. The van der Waals surface area contributed by atoms with E-state index < -0.39 is 6.10 Å². The summed E-state index contributed by atoms with van der Waals surface area (Å²) in [5.74, 6) is 1.26.